The predicted molar refractivity (Wildman–Crippen MR) is 84.8 cm³/mol. The molecule has 0 saturated carbocycles. The molecule has 0 aliphatic carbocycles. The van der Waals surface area contributed by atoms with Crippen LogP contribution in [0.15, 0.2) is 12.1 Å². The van der Waals surface area contributed by atoms with E-state index in [9.17, 15) is 13.6 Å². The van der Waals surface area contributed by atoms with Gasteiger partial charge in [0.15, 0.2) is 11.6 Å². The number of carbonyl (C=O) groups is 1. The van der Waals surface area contributed by atoms with Crippen LogP contribution in [0.3, 0.4) is 0 Å². The minimum Gasteiger partial charge on any atom is -0.443 e. The van der Waals surface area contributed by atoms with Crippen LogP contribution in [0, 0.1) is 11.6 Å². The van der Waals surface area contributed by atoms with Crippen LogP contribution >= 0.6 is 11.8 Å². The highest BCUT2D eigenvalue weighted by Crippen LogP contribution is 2.46. The van der Waals surface area contributed by atoms with E-state index in [0.717, 1.165) is 18.6 Å². The Bertz CT molecular complexity index is 617. The first-order chi connectivity index (χ1) is 11.1. The van der Waals surface area contributed by atoms with E-state index in [4.69, 9.17) is 10.5 Å². The average Bonchev–Trinajstić information content (AvgIpc) is 3.21. The molecule has 1 aromatic carbocycles. The van der Waals surface area contributed by atoms with Crippen molar-refractivity contribution < 1.29 is 18.3 Å². The van der Waals surface area contributed by atoms with Gasteiger partial charge in [-0.25, -0.2) is 13.6 Å². The molecule has 3 saturated heterocycles. The molecule has 2 bridgehead atoms. The highest BCUT2D eigenvalue weighted by atomic mass is 32.2. The number of nitrogens with zero attached hydrogens (tertiary/aromatic N) is 2. The van der Waals surface area contributed by atoms with E-state index < -0.39 is 23.8 Å². The summed E-state index contributed by atoms with van der Waals surface area (Å²) in [5.41, 5.74) is 5.67. The number of amides is 1. The topological polar surface area (TPSA) is 58.8 Å². The number of hydrogen-bond donors (Lipinski definition) is 1. The Morgan fingerprint density at radius 2 is 2.04 bits per heavy atom. The van der Waals surface area contributed by atoms with Crippen molar-refractivity contribution in [1.82, 2.24) is 0 Å². The molecule has 4 rings (SSSR count). The lowest BCUT2D eigenvalue weighted by atomic mass is 10.2. The molecule has 0 spiro atoms. The first kappa shape index (κ1) is 15.0. The molecule has 0 radical (unpaired) electrons. The molecule has 1 amide bonds. The standard InChI is InChI=1S/C15H17F2N3O2S/c16-11-3-9(19-6-10(5-18)22-15(19)21)4-12(17)14(11)20-8-1-2-13(20)23-7-8/h3-4,8,10,13H,1-2,5-7,18H2/t8?,10-,13?/m0/s1. The van der Waals surface area contributed by atoms with Gasteiger partial charge in [-0.2, -0.15) is 0 Å². The number of halogens is 2. The lowest BCUT2D eigenvalue weighted by molar-refractivity contribution is 0.145. The summed E-state index contributed by atoms with van der Waals surface area (Å²) in [7, 11) is 0. The molecule has 2 N–H and O–H groups in total. The van der Waals surface area contributed by atoms with E-state index in [-0.39, 0.29) is 35.9 Å². The molecular formula is C15H17F2N3O2S. The second-order valence-corrected chi connectivity index (χ2v) is 7.25. The zero-order valence-corrected chi connectivity index (χ0v) is 13.2. The number of benzene rings is 1. The number of cyclic esters (lactones) is 1. The van der Waals surface area contributed by atoms with E-state index in [1.165, 1.54) is 17.0 Å². The average molecular weight is 341 g/mol. The maximum absolute atomic E-state index is 14.6. The van der Waals surface area contributed by atoms with E-state index in [0.29, 0.717) is 0 Å². The van der Waals surface area contributed by atoms with Crippen LogP contribution < -0.4 is 15.5 Å². The second-order valence-electron chi connectivity index (χ2n) is 6.04. The van der Waals surface area contributed by atoms with Crippen molar-refractivity contribution in [3.05, 3.63) is 23.8 Å². The third-order valence-corrected chi connectivity index (χ3v) is 6.06. The lowest BCUT2D eigenvalue weighted by Gasteiger charge is -2.25. The fourth-order valence-electron chi connectivity index (χ4n) is 3.53. The van der Waals surface area contributed by atoms with Crippen molar-refractivity contribution in [2.75, 3.05) is 28.6 Å². The third kappa shape index (κ3) is 2.35. The zero-order chi connectivity index (χ0) is 16.1. The summed E-state index contributed by atoms with van der Waals surface area (Å²) < 4.78 is 34.2. The first-order valence-electron chi connectivity index (χ1n) is 7.65. The highest BCUT2D eigenvalue weighted by molar-refractivity contribution is 8.00. The lowest BCUT2D eigenvalue weighted by Crippen LogP contribution is -2.31. The molecule has 3 aliphatic rings. The van der Waals surface area contributed by atoms with E-state index in [1.807, 2.05) is 4.90 Å². The molecule has 124 valence electrons. The van der Waals surface area contributed by atoms with Gasteiger partial charge in [-0.15, -0.1) is 11.8 Å². The summed E-state index contributed by atoms with van der Waals surface area (Å²) in [6, 6.07) is 2.61. The summed E-state index contributed by atoms with van der Waals surface area (Å²) >= 11 is 1.74. The molecule has 3 atom stereocenters. The Balaban J connectivity index is 1.66. The molecule has 8 heteroatoms. The SMILES string of the molecule is NC[C@H]1CN(c2cc(F)c(N3C4CCC3SC4)c(F)c2)C(=O)O1. The fraction of sp³-hybridized carbons (Fsp3) is 0.533. The Morgan fingerprint density at radius 3 is 2.52 bits per heavy atom. The molecule has 0 aromatic heterocycles. The second kappa shape index (κ2) is 5.52. The van der Waals surface area contributed by atoms with Crippen LogP contribution in [-0.2, 0) is 4.74 Å². The summed E-state index contributed by atoms with van der Waals surface area (Å²) in [4.78, 5) is 14.9. The summed E-state index contributed by atoms with van der Waals surface area (Å²) in [6.07, 6.45) is 0.851. The fourth-order valence-corrected chi connectivity index (χ4v) is 5.05. The summed E-state index contributed by atoms with van der Waals surface area (Å²) in [5.74, 6) is -0.367. The maximum Gasteiger partial charge on any atom is 0.414 e. The number of anilines is 2. The van der Waals surface area contributed by atoms with Gasteiger partial charge in [0.05, 0.1) is 17.6 Å². The van der Waals surface area contributed by atoms with Crippen molar-refractivity contribution >= 4 is 29.2 Å². The Hall–Kier alpha value is -1.54. The number of hydrogen-bond acceptors (Lipinski definition) is 5. The quantitative estimate of drug-likeness (QED) is 0.914. The molecule has 2 unspecified atom stereocenters. The van der Waals surface area contributed by atoms with Gasteiger partial charge < -0.3 is 15.4 Å². The summed E-state index contributed by atoms with van der Waals surface area (Å²) in [5, 5.41) is 0.147. The Kier molecular flexibility index (Phi) is 3.60. The van der Waals surface area contributed by atoms with E-state index in [2.05, 4.69) is 0 Å². The number of thioether (sulfide) groups is 1. The van der Waals surface area contributed by atoms with Gasteiger partial charge in [0.2, 0.25) is 0 Å². The van der Waals surface area contributed by atoms with Gasteiger partial charge in [-0.3, -0.25) is 4.90 Å². The van der Waals surface area contributed by atoms with Gasteiger partial charge in [0.25, 0.3) is 0 Å². The number of carbonyl (C=O) groups excluding carboxylic acids is 1. The van der Waals surface area contributed by atoms with Crippen molar-refractivity contribution in [3.63, 3.8) is 0 Å². The number of rotatable bonds is 3. The van der Waals surface area contributed by atoms with Crippen molar-refractivity contribution in [2.45, 2.75) is 30.4 Å². The molecule has 3 fully saturated rings. The minimum atomic E-state index is -0.636. The van der Waals surface area contributed by atoms with Crippen LogP contribution in [0.4, 0.5) is 25.0 Å². The van der Waals surface area contributed by atoms with Crippen molar-refractivity contribution in [2.24, 2.45) is 5.73 Å². The zero-order valence-electron chi connectivity index (χ0n) is 12.4. The van der Waals surface area contributed by atoms with E-state index in [1.54, 1.807) is 11.8 Å². The maximum atomic E-state index is 14.6. The Labute approximate surface area is 136 Å². The van der Waals surface area contributed by atoms with E-state index >= 15 is 0 Å². The van der Waals surface area contributed by atoms with Crippen molar-refractivity contribution in [3.8, 4) is 0 Å². The van der Waals surface area contributed by atoms with Crippen LogP contribution in [0.2, 0.25) is 0 Å². The summed E-state index contributed by atoms with van der Waals surface area (Å²) in [6.45, 7) is 0.387. The van der Waals surface area contributed by atoms with Gasteiger partial charge in [0, 0.05) is 30.5 Å². The van der Waals surface area contributed by atoms with Gasteiger partial charge in [-0.1, -0.05) is 0 Å². The van der Waals surface area contributed by atoms with Gasteiger partial charge >= 0.3 is 6.09 Å². The largest absolute Gasteiger partial charge is 0.443 e. The monoisotopic (exact) mass is 341 g/mol. The predicted octanol–water partition coefficient (Wildman–Crippen LogP) is 2.29. The molecule has 1 aromatic rings. The smallest absolute Gasteiger partial charge is 0.414 e. The third-order valence-electron chi connectivity index (χ3n) is 4.64. The minimum absolute atomic E-state index is 0.0224. The normalized spacial score (nSPS) is 29.5. The molecule has 5 nitrogen and oxygen atoms in total. The molecule has 3 heterocycles. The van der Waals surface area contributed by atoms with Gasteiger partial charge in [-0.05, 0) is 12.8 Å². The van der Waals surface area contributed by atoms with Crippen LogP contribution in [0.1, 0.15) is 12.8 Å². The molecule has 3 aliphatic heterocycles. The number of fused-ring (bicyclic) bond motifs is 2. The van der Waals surface area contributed by atoms with Crippen LogP contribution in [0.5, 0.6) is 0 Å². The Morgan fingerprint density at radius 1 is 1.30 bits per heavy atom. The van der Waals surface area contributed by atoms with Crippen molar-refractivity contribution in [1.29, 1.82) is 0 Å². The number of nitrogens with two attached hydrogens (primary N) is 1. The highest BCUT2D eigenvalue weighted by Gasteiger charge is 2.43. The molecule has 23 heavy (non-hydrogen) atoms. The van der Waals surface area contributed by atoms with Crippen LogP contribution in [-0.4, -0.2) is 42.5 Å². The van der Waals surface area contributed by atoms with Crippen LogP contribution in [0.25, 0.3) is 0 Å². The molecular weight excluding hydrogens is 324 g/mol. The first-order valence-corrected chi connectivity index (χ1v) is 8.70. The van der Waals surface area contributed by atoms with Gasteiger partial charge in [0.1, 0.15) is 11.8 Å². The number of ether oxygens (including phenoxy) is 1.